The maximum Gasteiger partial charge on any atom is 0.308 e. The Morgan fingerprint density at radius 1 is 0.986 bits per heavy atom. The molecule has 1 aromatic carbocycles. The van der Waals surface area contributed by atoms with E-state index in [2.05, 4.69) is 4.98 Å². The van der Waals surface area contributed by atoms with Crippen LogP contribution in [0, 0.1) is 11.8 Å². The van der Waals surface area contributed by atoms with Gasteiger partial charge < -0.3 is 62.5 Å². The highest BCUT2D eigenvalue weighted by Gasteiger charge is 2.54. The third-order valence-corrected chi connectivity index (χ3v) is 13.4. The molecule has 2 N–H and O–H groups in total. The number of aliphatic hydroxyl groups is 2. The lowest BCUT2D eigenvalue weighted by molar-refractivity contribution is -0.345. The van der Waals surface area contributed by atoms with Crippen molar-refractivity contribution >= 4 is 41.2 Å². The highest BCUT2D eigenvalue weighted by molar-refractivity contribution is 5.80. The molecule has 0 bridgehead atoms. The summed E-state index contributed by atoms with van der Waals surface area (Å²) in [5, 5.41) is 24.7. The number of pyridine rings is 1. The van der Waals surface area contributed by atoms with E-state index in [1.165, 1.54) is 7.11 Å². The van der Waals surface area contributed by atoms with Crippen LogP contribution in [0.4, 0.5) is 0 Å². The summed E-state index contributed by atoms with van der Waals surface area (Å²) in [4.78, 5) is 58.3. The highest BCUT2D eigenvalue weighted by Crippen LogP contribution is 2.39. The van der Waals surface area contributed by atoms with Gasteiger partial charge in [0.25, 0.3) is 0 Å². The molecule has 394 valence electrons. The zero-order chi connectivity index (χ0) is 51.8. The minimum atomic E-state index is -1.39. The number of ether oxygens (including phenoxy) is 9. The van der Waals surface area contributed by atoms with Gasteiger partial charge in [0.1, 0.15) is 30.7 Å². The monoisotopic (exact) mass is 995 g/mol. The number of rotatable bonds is 17. The van der Waals surface area contributed by atoms with Gasteiger partial charge in [-0.05, 0) is 84.2 Å². The van der Waals surface area contributed by atoms with Gasteiger partial charge in [0.05, 0.1) is 55.1 Å². The molecule has 0 radical (unpaired) electrons. The van der Waals surface area contributed by atoms with Gasteiger partial charge in [-0.15, -0.1) is 0 Å². The quantitative estimate of drug-likeness (QED) is 0.0993. The summed E-state index contributed by atoms with van der Waals surface area (Å²) in [6.45, 7) is 12.4. The summed E-state index contributed by atoms with van der Waals surface area (Å²) in [6, 6.07) is 9.01. The minimum absolute atomic E-state index is 0.00393. The Labute approximate surface area is 419 Å². The lowest BCUT2D eigenvalue weighted by Crippen LogP contribution is -2.66. The van der Waals surface area contributed by atoms with Crippen LogP contribution < -0.4 is 0 Å². The van der Waals surface area contributed by atoms with Gasteiger partial charge in [-0.3, -0.25) is 19.4 Å². The maximum absolute atomic E-state index is 13.8. The van der Waals surface area contributed by atoms with Gasteiger partial charge in [0.2, 0.25) is 0 Å². The molecule has 2 aromatic rings. The number of methoxy groups -OCH3 is 1. The van der Waals surface area contributed by atoms with E-state index in [4.69, 9.17) is 42.6 Å². The normalized spacial score (nSPS) is 35.5. The first-order chi connectivity index (χ1) is 33.9. The lowest BCUT2D eigenvalue weighted by atomic mass is 9.82. The van der Waals surface area contributed by atoms with Gasteiger partial charge >= 0.3 is 17.9 Å². The number of carbonyl (C=O) groups excluding carboxylic acids is 4. The van der Waals surface area contributed by atoms with Gasteiger partial charge in [0, 0.05) is 50.8 Å². The summed E-state index contributed by atoms with van der Waals surface area (Å²) in [7, 11) is 5.02. The largest absolute Gasteiger partial charge is 0.462 e. The van der Waals surface area contributed by atoms with Crippen molar-refractivity contribution in [2.75, 3.05) is 27.8 Å². The Kier molecular flexibility index (Phi) is 22.3. The first kappa shape index (κ1) is 57.5. The predicted octanol–water partition coefficient (Wildman–Crippen LogP) is 6.44. The molecular formula is C54H78N2O15. The smallest absolute Gasteiger partial charge is 0.308 e. The second-order valence-electron chi connectivity index (χ2n) is 19.5. The van der Waals surface area contributed by atoms with Gasteiger partial charge in [-0.2, -0.15) is 0 Å². The molecule has 2 fully saturated rings. The number of aromatic nitrogens is 1. The topological polar surface area (TPSA) is 208 Å². The fraction of sp³-hybridized carbons (Fsp3) is 0.648. The van der Waals surface area contributed by atoms with Crippen LogP contribution in [-0.4, -0.2) is 157 Å². The van der Waals surface area contributed by atoms with E-state index in [-0.39, 0.29) is 51.0 Å². The standard InChI is InChI=1S/C54H78N2O15/c1-11-19-44(60)68-52-36(6)66-46(31-54(52,7)71-43(59)12-2)69-49-35(5)67-53(48(62)47(49)56(8)9)70-50-39(25-26-57)28-33(3)41(58)24-15-13-14-20-34(4)65-45(61)30-42(51(50)63-10)64-27-18-21-37-29-38-22-16-17-23-40(38)55-32-37/h13-18,21-24,26,29,32-36,39,41-42,46-53,58,62H,11-12,19-20,25,27-28,30-31H2,1-10H3/b14-13+,21-18+,24-15+/t33-,34-,35-,36-,39+,41+,42-,46+,47-,48-,49-,50+,51+,52-,53+,54+/m1/s1. The Bertz CT molecular complexity index is 2110. The van der Waals surface area contributed by atoms with E-state index in [9.17, 15) is 29.4 Å². The number of esters is 3. The van der Waals surface area contributed by atoms with E-state index in [0.29, 0.717) is 12.8 Å². The number of allylic oxidation sites excluding steroid dienone is 2. The van der Waals surface area contributed by atoms with Crippen molar-refractivity contribution < 1.29 is 72.0 Å². The zero-order valence-corrected chi connectivity index (χ0v) is 43.1. The Hall–Kier alpha value is -4.43. The SMILES string of the molecule is CCCC(=O)O[C@@H]1[C@@H](C)O[C@@H](O[C@H]2[C@H](N(C)C)[C@@H](O)[C@H](O[C@H]3[C@@H](CC=O)C[C@@H](C)[C@@H](O)/C=C/C=C/C[C@@H](C)OC(=O)C[C@@H](OC/C=C/c4cnc5ccccc5c4)[C@@H]3OC)O[C@@H]2C)C[C@]1(C)OC(=O)CC. The molecule has 0 aliphatic carbocycles. The summed E-state index contributed by atoms with van der Waals surface area (Å²) in [6.07, 6.45) is 2.97. The molecule has 0 amide bonds. The molecule has 5 rings (SSSR count). The molecule has 4 heterocycles. The van der Waals surface area contributed by atoms with Gasteiger partial charge in [-0.1, -0.05) is 75.4 Å². The highest BCUT2D eigenvalue weighted by atomic mass is 16.7. The number of hydrogen-bond acceptors (Lipinski definition) is 17. The molecule has 0 unspecified atom stereocenters. The van der Waals surface area contributed by atoms with Crippen molar-refractivity contribution in [3.05, 3.63) is 72.5 Å². The molecule has 71 heavy (non-hydrogen) atoms. The van der Waals surface area contributed by atoms with E-state index >= 15 is 0 Å². The third-order valence-electron chi connectivity index (χ3n) is 13.4. The van der Waals surface area contributed by atoms with Gasteiger partial charge in [-0.25, -0.2) is 0 Å². The summed E-state index contributed by atoms with van der Waals surface area (Å²) in [5.74, 6) is -2.51. The molecule has 16 atom stereocenters. The first-order valence-corrected chi connectivity index (χ1v) is 25.1. The molecule has 1 aromatic heterocycles. The summed E-state index contributed by atoms with van der Waals surface area (Å²) < 4.78 is 56.9. The van der Waals surface area contributed by atoms with Crippen LogP contribution in [0.3, 0.4) is 0 Å². The van der Waals surface area contributed by atoms with Crippen LogP contribution in [0.15, 0.2) is 66.9 Å². The zero-order valence-electron chi connectivity index (χ0n) is 43.1. The van der Waals surface area contributed by atoms with Crippen molar-refractivity contribution in [2.45, 2.75) is 185 Å². The first-order valence-electron chi connectivity index (χ1n) is 25.1. The van der Waals surface area contributed by atoms with Crippen molar-refractivity contribution in [3.8, 4) is 0 Å². The lowest BCUT2D eigenvalue weighted by Gasteiger charge is -2.51. The van der Waals surface area contributed by atoms with Crippen molar-refractivity contribution in [2.24, 2.45) is 11.8 Å². The summed E-state index contributed by atoms with van der Waals surface area (Å²) >= 11 is 0. The number of nitrogens with zero attached hydrogens (tertiary/aromatic N) is 2. The Balaban J connectivity index is 1.47. The van der Waals surface area contributed by atoms with Crippen LogP contribution in [0.2, 0.25) is 0 Å². The van der Waals surface area contributed by atoms with E-state index < -0.39 is 109 Å². The van der Waals surface area contributed by atoms with Crippen LogP contribution >= 0.6 is 0 Å². The number of fused-ring (bicyclic) bond motifs is 1. The van der Waals surface area contributed by atoms with E-state index in [0.717, 1.165) is 22.8 Å². The molecule has 2 saturated heterocycles. The van der Waals surface area contributed by atoms with Crippen molar-refractivity contribution in [1.82, 2.24) is 9.88 Å². The number of para-hydroxylation sites is 1. The van der Waals surface area contributed by atoms with Gasteiger partial charge in [0.15, 0.2) is 24.3 Å². The Morgan fingerprint density at radius 3 is 2.45 bits per heavy atom. The minimum Gasteiger partial charge on any atom is -0.462 e. The van der Waals surface area contributed by atoms with Crippen LogP contribution in [0.25, 0.3) is 17.0 Å². The van der Waals surface area contributed by atoms with E-state index in [1.807, 2.05) is 62.4 Å². The second kappa shape index (κ2) is 27.6. The second-order valence-corrected chi connectivity index (χ2v) is 19.5. The summed E-state index contributed by atoms with van der Waals surface area (Å²) in [5.41, 5.74) is 0.392. The van der Waals surface area contributed by atoms with Crippen molar-refractivity contribution in [3.63, 3.8) is 0 Å². The number of hydrogen-bond donors (Lipinski definition) is 2. The van der Waals surface area contributed by atoms with E-state index in [1.54, 1.807) is 78.0 Å². The number of aldehydes is 1. The molecule has 3 aliphatic heterocycles. The molecule has 3 aliphatic rings. The van der Waals surface area contributed by atoms with Crippen LogP contribution in [-0.2, 0) is 61.8 Å². The molecular weight excluding hydrogens is 917 g/mol. The fourth-order valence-corrected chi connectivity index (χ4v) is 9.75. The Morgan fingerprint density at radius 2 is 1.75 bits per heavy atom. The van der Waals surface area contributed by atoms with Crippen LogP contribution in [0.1, 0.15) is 105 Å². The van der Waals surface area contributed by atoms with Crippen molar-refractivity contribution in [1.29, 1.82) is 0 Å². The number of benzene rings is 1. The molecule has 17 nitrogen and oxygen atoms in total. The number of carbonyl (C=O) groups is 4. The predicted molar refractivity (Wildman–Crippen MR) is 264 cm³/mol. The average Bonchev–Trinajstić information content (AvgIpc) is 3.32. The third kappa shape index (κ3) is 16.0. The molecule has 17 heteroatoms. The molecule has 0 spiro atoms. The fourth-order valence-electron chi connectivity index (χ4n) is 9.75. The number of likely N-dealkylation sites (N-methyl/N-ethyl adjacent to an activating group) is 1. The molecule has 0 saturated carbocycles. The van der Waals surface area contributed by atoms with Crippen LogP contribution in [0.5, 0.6) is 0 Å². The number of aliphatic hydroxyl groups excluding tert-OH is 2. The number of cyclic esters (lactones) is 1. The average molecular weight is 995 g/mol. The maximum atomic E-state index is 13.8.